The minimum Gasteiger partial charge on any atom is -0.325 e. The summed E-state index contributed by atoms with van der Waals surface area (Å²) in [6, 6.07) is 7.50. The van der Waals surface area contributed by atoms with Crippen LogP contribution < -0.4 is 10.0 Å². The van der Waals surface area contributed by atoms with E-state index < -0.39 is 10.2 Å². The molecule has 134 valence electrons. The van der Waals surface area contributed by atoms with Crippen molar-refractivity contribution in [2.24, 2.45) is 0 Å². The van der Waals surface area contributed by atoms with Crippen LogP contribution in [-0.2, 0) is 21.4 Å². The molecule has 0 unspecified atom stereocenters. The van der Waals surface area contributed by atoms with Crippen molar-refractivity contribution in [3.05, 3.63) is 29.8 Å². The molecule has 7 nitrogen and oxygen atoms in total. The van der Waals surface area contributed by atoms with Gasteiger partial charge in [-0.2, -0.15) is 12.7 Å². The average Bonchev–Trinajstić information content (AvgIpc) is 2.61. The molecule has 1 atom stereocenters. The molecule has 0 spiro atoms. The first-order chi connectivity index (χ1) is 11.4. The lowest BCUT2D eigenvalue weighted by Gasteiger charge is -2.36. The molecule has 0 bridgehead atoms. The molecular formula is C16H26N4O3S. The van der Waals surface area contributed by atoms with Crippen LogP contribution in [0.2, 0.25) is 0 Å². The zero-order chi connectivity index (χ0) is 17.7. The smallest absolute Gasteiger partial charge is 0.279 e. The van der Waals surface area contributed by atoms with E-state index in [1.807, 2.05) is 36.1 Å². The van der Waals surface area contributed by atoms with Gasteiger partial charge < -0.3 is 5.32 Å². The van der Waals surface area contributed by atoms with Gasteiger partial charge in [-0.3, -0.25) is 9.69 Å². The Morgan fingerprint density at radius 3 is 2.25 bits per heavy atom. The van der Waals surface area contributed by atoms with Gasteiger partial charge in [-0.1, -0.05) is 19.1 Å². The third-order valence-corrected chi connectivity index (χ3v) is 5.99. The highest BCUT2D eigenvalue weighted by Gasteiger charge is 2.30. The van der Waals surface area contributed by atoms with Crippen molar-refractivity contribution < 1.29 is 13.2 Å². The van der Waals surface area contributed by atoms with Crippen LogP contribution in [0.3, 0.4) is 0 Å². The molecule has 1 aromatic carbocycles. The zero-order valence-electron chi connectivity index (χ0n) is 14.4. The third kappa shape index (κ3) is 4.54. The maximum absolute atomic E-state index is 12.4. The number of carbonyl (C=O) groups excluding carboxylic acids is 1. The topological polar surface area (TPSA) is 81.8 Å². The summed E-state index contributed by atoms with van der Waals surface area (Å²) >= 11 is 0. The number of carbonyl (C=O) groups is 1. The summed E-state index contributed by atoms with van der Waals surface area (Å²) in [5.74, 6) is -0.0795. The summed E-state index contributed by atoms with van der Waals surface area (Å²) < 4.78 is 27.3. The Labute approximate surface area is 144 Å². The molecular weight excluding hydrogens is 328 g/mol. The molecule has 0 saturated carbocycles. The van der Waals surface area contributed by atoms with Gasteiger partial charge in [-0.25, -0.2) is 4.72 Å². The van der Waals surface area contributed by atoms with E-state index >= 15 is 0 Å². The van der Waals surface area contributed by atoms with Crippen molar-refractivity contribution >= 4 is 21.8 Å². The quantitative estimate of drug-likeness (QED) is 0.786. The number of aryl methyl sites for hydroxylation is 1. The van der Waals surface area contributed by atoms with Crippen molar-refractivity contribution in [1.29, 1.82) is 0 Å². The summed E-state index contributed by atoms with van der Waals surface area (Å²) in [6.45, 7) is 5.76. The molecule has 0 aromatic heterocycles. The number of nitrogens with one attached hydrogen (secondary N) is 2. The number of nitrogens with zero attached hydrogens (tertiary/aromatic N) is 2. The molecule has 1 heterocycles. The highest BCUT2D eigenvalue weighted by atomic mass is 32.2. The standard InChI is InChI=1S/C16H26N4O3S/c1-4-14-5-7-15(8-6-14)18-16(21)13(2)19-9-11-20(12-10-19)24(22,23)17-3/h5-8,13,17H,4,9-12H2,1-3H3,(H,18,21)/t13-/m0/s1. The van der Waals surface area contributed by atoms with E-state index in [0.29, 0.717) is 26.2 Å². The van der Waals surface area contributed by atoms with Crippen LogP contribution in [0, 0.1) is 0 Å². The SMILES string of the molecule is CCc1ccc(NC(=O)[C@H](C)N2CCN(S(=O)(=O)NC)CC2)cc1. The van der Waals surface area contributed by atoms with Gasteiger partial charge >= 0.3 is 0 Å². The number of hydrogen-bond donors (Lipinski definition) is 2. The van der Waals surface area contributed by atoms with Crippen molar-refractivity contribution in [2.75, 3.05) is 38.5 Å². The van der Waals surface area contributed by atoms with E-state index in [1.54, 1.807) is 0 Å². The highest BCUT2D eigenvalue weighted by molar-refractivity contribution is 7.87. The molecule has 24 heavy (non-hydrogen) atoms. The maximum atomic E-state index is 12.4. The van der Waals surface area contributed by atoms with Gasteiger partial charge in [0.05, 0.1) is 6.04 Å². The number of hydrogen-bond acceptors (Lipinski definition) is 4. The normalized spacial score (nSPS) is 18.3. The largest absolute Gasteiger partial charge is 0.325 e. The van der Waals surface area contributed by atoms with Gasteiger partial charge in [-0.15, -0.1) is 0 Å². The monoisotopic (exact) mass is 354 g/mol. The minimum absolute atomic E-state index is 0.0795. The fourth-order valence-corrected chi connectivity index (χ4v) is 3.60. The summed E-state index contributed by atoms with van der Waals surface area (Å²) in [5.41, 5.74) is 2.00. The fraction of sp³-hybridized carbons (Fsp3) is 0.562. The zero-order valence-corrected chi connectivity index (χ0v) is 15.3. The molecule has 1 aliphatic heterocycles. The predicted molar refractivity (Wildman–Crippen MR) is 95.0 cm³/mol. The summed E-state index contributed by atoms with van der Waals surface area (Å²) in [4.78, 5) is 14.4. The number of anilines is 1. The van der Waals surface area contributed by atoms with E-state index in [-0.39, 0.29) is 11.9 Å². The second-order valence-electron chi connectivity index (χ2n) is 5.86. The van der Waals surface area contributed by atoms with Gasteiger partial charge in [0.15, 0.2) is 0 Å². The average molecular weight is 354 g/mol. The van der Waals surface area contributed by atoms with E-state index in [1.165, 1.54) is 16.9 Å². The first-order valence-corrected chi connectivity index (χ1v) is 9.64. The Balaban J connectivity index is 1.89. The van der Waals surface area contributed by atoms with Crippen molar-refractivity contribution in [3.63, 3.8) is 0 Å². The minimum atomic E-state index is -3.39. The van der Waals surface area contributed by atoms with E-state index in [2.05, 4.69) is 17.0 Å². The Kier molecular flexibility index (Phi) is 6.34. The lowest BCUT2D eigenvalue weighted by atomic mass is 10.1. The van der Waals surface area contributed by atoms with Crippen molar-refractivity contribution in [2.45, 2.75) is 26.3 Å². The fourth-order valence-electron chi connectivity index (χ4n) is 2.70. The second-order valence-corrected chi connectivity index (χ2v) is 7.73. The predicted octanol–water partition coefficient (Wildman–Crippen LogP) is 0.658. The highest BCUT2D eigenvalue weighted by Crippen LogP contribution is 2.13. The summed E-state index contributed by atoms with van der Waals surface area (Å²) in [5, 5.41) is 2.92. The van der Waals surface area contributed by atoms with Crippen LogP contribution in [0.25, 0.3) is 0 Å². The number of rotatable bonds is 6. The second kappa shape index (κ2) is 8.06. The van der Waals surface area contributed by atoms with E-state index in [4.69, 9.17) is 0 Å². The number of benzene rings is 1. The Bertz CT molecular complexity index is 652. The lowest BCUT2D eigenvalue weighted by Crippen LogP contribution is -2.55. The molecule has 0 aliphatic carbocycles. The van der Waals surface area contributed by atoms with Crippen LogP contribution in [-0.4, -0.2) is 62.8 Å². The Morgan fingerprint density at radius 2 is 1.75 bits per heavy atom. The summed E-state index contributed by atoms with van der Waals surface area (Å²) in [7, 11) is -1.99. The van der Waals surface area contributed by atoms with Crippen LogP contribution >= 0.6 is 0 Å². The molecule has 1 saturated heterocycles. The third-order valence-electron chi connectivity index (χ3n) is 4.43. The molecule has 1 fully saturated rings. The molecule has 2 rings (SSSR count). The molecule has 1 aromatic rings. The van der Waals surface area contributed by atoms with Crippen LogP contribution in [0.5, 0.6) is 0 Å². The Hall–Kier alpha value is -1.48. The molecule has 0 radical (unpaired) electrons. The van der Waals surface area contributed by atoms with Crippen LogP contribution in [0.1, 0.15) is 19.4 Å². The van der Waals surface area contributed by atoms with E-state index in [0.717, 1.165) is 12.1 Å². The molecule has 1 amide bonds. The van der Waals surface area contributed by atoms with Crippen LogP contribution in [0.15, 0.2) is 24.3 Å². The van der Waals surface area contributed by atoms with Crippen molar-refractivity contribution in [1.82, 2.24) is 13.9 Å². The number of piperazine rings is 1. The van der Waals surface area contributed by atoms with E-state index in [9.17, 15) is 13.2 Å². The van der Waals surface area contributed by atoms with Gasteiger partial charge in [0.1, 0.15) is 0 Å². The van der Waals surface area contributed by atoms with Crippen LogP contribution in [0.4, 0.5) is 5.69 Å². The van der Waals surface area contributed by atoms with Crippen molar-refractivity contribution in [3.8, 4) is 0 Å². The first-order valence-electron chi connectivity index (χ1n) is 8.20. The number of amides is 1. The lowest BCUT2D eigenvalue weighted by molar-refractivity contribution is -0.121. The molecule has 8 heteroatoms. The van der Waals surface area contributed by atoms with Gasteiger partial charge in [0.2, 0.25) is 5.91 Å². The molecule has 1 aliphatic rings. The van der Waals surface area contributed by atoms with Gasteiger partial charge in [0.25, 0.3) is 10.2 Å². The van der Waals surface area contributed by atoms with Gasteiger partial charge in [0, 0.05) is 38.9 Å². The first kappa shape index (κ1) is 18.9. The Morgan fingerprint density at radius 1 is 1.17 bits per heavy atom. The molecule has 2 N–H and O–H groups in total. The van der Waals surface area contributed by atoms with Gasteiger partial charge in [-0.05, 0) is 31.0 Å². The maximum Gasteiger partial charge on any atom is 0.279 e. The summed E-state index contributed by atoms with van der Waals surface area (Å²) in [6.07, 6.45) is 0.963.